The van der Waals surface area contributed by atoms with E-state index in [0.29, 0.717) is 12.0 Å². The van der Waals surface area contributed by atoms with Gasteiger partial charge in [0, 0.05) is 6.42 Å². The van der Waals surface area contributed by atoms with Crippen LogP contribution in [0.15, 0.2) is 30.3 Å². The van der Waals surface area contributed by atoms with Crippen molar-refractivity contribution in [2.45, 2.75) is 33.5 Å². The Morgan fingerprint density at radius 3 is 2.38 bits per heavy atom. The number of benzene rings is 1. The summed E-state index contributed by atoms with van der Waals surface area (Å²) in [6.45, 7) is 5.94. The number of hydrogen-bond donors (Lipinski definition) is 1. The van der Waals surface area contributed by atoms with Gasteiger partial charge in [-0.05, 0) is 17.5 Å². The highest BCUT2D eigenvalue weighted by Crippen LogP contribution is 2.21. The summed E-state index contributed by atoms with van der Waals surface area (Å²) in [6.07, 6.45) is -0.626. The molecule has 0 aliphatic carbocycles. The molecular weight excluding hydrogens is 204 g/mol. The minimum atomic E-state index is -1.05. The fourth-order valence-corrected chi connectivity index (χ4v) is 1.33. The lowest BCUT2D eigenvalue weighted by molar-refractivity contribution is -0.0828. The van der Waals surface area contributed by atoms with Crippen LogP contribution in [0, 0.1) is 5.41 Å². The SMILES string of the molecule is CC(C)(C)CC(O)OC(=O)c1ccccc1. The molecule has 0 aliphatic heterocycles. The van der Waals surface area contributed by atoms with Crippen molar-refractivity contribution in [1.82, 2.24) is 0 Å². The summed E-state index contributed by atoms with van der Waals surface area (Å²) in [4.78, 5) is 11.6. The van der Waals surface area contributed by atoms with Gasteiger partial charge in [-0.3, -0.25) is 0 Å². The van der Waals surface area contributed by atoms with Crippen LogP contribution in [0.3, 0.4) is 0 Å². The van der Waals surface area contributed by atoms with E-state index in [1.807, 2.05) is 26.8 Å². The predicted octanol–water partition coefficient (Wildman–Crippen LogP) is 2.60. The van der Waals surface area contributed by atoms with Gasteiger partial charge in [-0.1, -0.05) is 39.0 Å². The first-order valence-corrected chi connectivity index (χ1v) is 5.32. The molecule has 1 aromatic rings. The van der Waals surface area contributed by atoms with Crippen LogP contribution >= 0.6 is 0 Å². The van der Waals surface area contributed by atoms with Crippen LogP contribution in [0.5, 0.6) is 0 Å². The number of carbonyl (C=O) groups is 1. The summed E-state index contributed by atoms with van der Waals surface area (Å²) in [5, 5.41) is 9.57. The molecule has 3 nitrogen and oxygen atoms in total. The molecule has 1 unspecified atom stereocenters. The Labute approximate surface area is 96.1 Å². The summed E-state index contributed by atoms with van der Waals surface area (Å²) >= 11 is 0. The molecule has 0 aromatic heterocycles. The van der Waals surface area contributed by atoms with Crippen molar-refractivity contribution in [2.24, 2.45) is 5.41 Å². The van der Waals surface area contributed by atoms with Gasteiger partial charge in [-0.25, -0.2) is 4.79 Å². The van der Waals surface area contributed by atoms with E-state index in [1.54, 1.807) is 24.3 Å². The van der Waals surface area contributed by atoms with Gasteiger partial charge in [0.05, 0.1) is 5.56 Å². The maximum Gasteiger partial charge on any atom is 0.340 e. The highest BCUT2D eigenvalue weighted by atomic mass is 16.6. The largest absolute Gasteiger partial charge is 0.432 e. The van der Waals surface area contributed by atoms with Crippen molar-refractivity contribution in [3.63, 3.8) is 0 Å². The molecule has 1 N–H and O–H groups in total. The van der Waals surface area contributed by atoms with Gasteiger partial charge in [-0.2, -0.15) is 0 Å². The maximum atomic E-state index is 11.6. The Bertz CT molecular complexity index is 338. The lowest BCUT2D eigenvalue weighted by Crippen LogP contribution is -2.23. The Hall–Kier alpha value is -1.35. The molecule has 1 aromatic carbocycles. The third-order valence-corrected chi connectivity index (χ3v) is 2.04. The normalized spacial score (nSPS) is 13.2. The van der Waals surface area contributed by atoms with E-state index in [-0.39, 0.29) is 5.41 Å². The minimum absolute atomic E-state index is 0.0730. The number of hydrogen-bond acceptors (Lipinski definition) is 3. The summed E-state index contributed by atoms with van der Waals surface area (Å²) in [7, 11) is 0. The van der Waals surface area contributed by atoms with Crippen molar-refractivity contribution in [2.75, 3.05) is 0 Å². The molecule has 0 saturated heterocycles. The molecule has 0 bridgehead atoms. The number of ether oxygens (including phenoxy) is 1. The van der Waals surface area contributed by atoms with Crippen molar-refractivity contribution >= 4 is 5.97 Å². The average Bonchev–Trinajstić information content (AvgIpc) is 2.16. The zero-order valence-corrected chi connectivity index (χ0v) is 9.93. The second-order valence-corrected chi connectivity index (χ2v) is 4.99. The molecule has 0 amide bonds. The van der Waals surface area contributed by atoms with Gasteiger partial charge >= 0.3 is 5.97 Å². The van der Waals surface area contributed by atoms with Crippen molar-refractivity contribution in [3.8, 4) is 0 Å². The Morgan fingerprint density at radius 1 is 1.31 bits per heavy atom. The molecule has 1 rings (SSSR count). The minimum Gasteiger partial charge on any atom is -0.432 e. The number of aliphatic hydroxyl groups is 1. The van der Waals surface area contributed by atoms with Crippen molar-refractivity contribution < 1.29 is 14.6 Å². The van der Waals surface area contributed by atoms with Crippen LogP contribution in [-0.4, -0.2) is 17.4 Å². The average molecular weight is 222 g/mol. The molecule has 3 heteroatoms. The van der Waals surface area contributed by atoms with Crippen LogP contribution in [0.25, 0.3) is 0 Å². The first-order valence-electron chi connectivity index (χ1n) is 5.32. The topological polar surface area (TPSA) is 46.5 Å². The van der Waals surface area contributed by atoms with Crippen molar-refractivity contribution in [1.29, 1.82) is 0 Å². The van der Waals surface area contributed by atoms with Gasteiger partial charge in [-0.15, -0.1) is 0 Å². The summed E-state index contributed by atoms with van der Waals surface area (Å²) in [5.41, 5.74) is 0.381. The van der Waals surface area contributed by atoms with E-state index >= 15 is 0 Å². The maximum absolute atomic E-state index is 11.6. The highest BCUT2D eigenvalue weighted by molar-refractivity contribution is 5.89. The molecule has 0 spiro atoms. The molecule has 1 atom stereocenters. The number of aliphatic hydroxyl groups excluding tert-OH is 1. The molecule has 0 heterocycles. The number of esters is 1. The third-order valence-electron chi connectivity index (χ3n) is 2.04. The van der Waals surface area contributed by atoms with E-state index in [9.17, 15) is 9.90 Å². The molecule has 0 radical (unpaired) electrons. The van der Waals surface area contributed by atoms with Gasteiger partial charge in [0.1, 0.15) is 0 Å². The fraction of sp³-hybridized carbons (Fsp3) is 0.462. The summed E-state index contributed by atoms with van der Waals surface area (Å²) < 4.78 is 4.93. The van der Waals surface area contributed by atoms with Gasteiger partial charge in [0.15, 0.2) is 0 Å². The Balaban J connectivity index is 2.53. The lowest BCUT2D eigenvalue weighted by atomic mass is 9.92. The second kappa shape index (κ2) is 5.12. The molecule has 16 heavy (non-hydrogen) atoms. The smallest absolute Gasteiger partial charge is 0.340 e. The van der Waals surface area contributed by atoms with Crippen LogP contribution in [0.4, 0.5) is 0 Å². The summed E-state index contributed by atoms with van der Waals surface area (Å²) in [5.74, 6) is -0.489. The zero-order valence-electron chi connectivity index (χ0n) is 9.93. The van der Waals surface area contributed by atoms with Gasteiger partial charge in [0.25, 0.3) is 0 Å². The van der Waals surface area contributed by atoms with E-state index in [2.05, 4.69) is 0 Å². The highest BCUT2D eigenvalue weighted by Gasteiger charge is 2.20. The quantitative estimate of drug-likeness (QED) is 0.631. The zero-order chi connectivity index (χ0) is 12.2. The van der Waals surface area contributed by atoms with Gasteiger partial charge in [0.2, 0.25) is 6.29 Å². The van der Waals surface area contributed by atoms with Gasteiger partial charge < -0.3 is 9.84 Å². The second-order valence-electron chi connectivity index (χ2n) is 4.99. The first-order chi connectivity index (χ1) is 7.38. The van der Waals surface area contributed by atoms with E-state index < -0.39 is 12.3 Å². The predicted molar refractivity (Wildman–Crippen MR) is 61.9 cm³/mol. The Morgan fingerprint density at radius 2 is 1.88 bits per heavy atom. The fourth-order valence-electron chi connectivity index (χ4n) is 1.33. The van der Waals surface area contributed by atoms with Crippen LogP contribution in [0.1, 0.15) is 37.6 Å². The number of rotatable bonds is 3. The number of carbonyl (C=O) groups excluding carboxylic acids is 1. The van der Waals surface area contributed by atoms with Crippen LogP contribution in [0.2, 0.25) is 0 Å². The monoisotopic (exact) mass is 222 g/mol. The van der Waals surface area contributed by atoms with Crippen molar-refractivity contribution in [3.05, 3.63) is 35.9 Å². The molecule has 0 aliphatic rings. The van der Waals surface area contributed by atoms with Crippen LogP contribution < -0.4 is 0 Å². The molecule has 0 saturated carbocycles. The van der Waals surface area contributed by atoms with E-state index in [0.717, 1.165) is 0 Å². The molecule has 0 fully saturated rings. The summed E-state index contributed by atoms with van der Waals surface area (Å²) in [6, 6.07) is 8.65. The molecule has 88 valence electrons. The van der Waals surface area contributed by atoms with E-state index in [4.69, 9.17) is 4.74 Å². The van der Waals surface area contributed by atoms with Crippen LogP contribution in [-0.2, 0) is 4.74 Å². The third kappa shape index (κ3) is 4.45. The van der Waals surface area contributed by atoms with E-state index in [1.165, 1.54) is 0 Å². The standard InChI is InChI=1S/C13H18O3/c1-13(2,3)9-11(14)16-12(15)10-7-5-4-6-8-10/h4-8,11,14H,9H2,1-3H3. The Kier molecular flexibility index (Phi) is 4.07. The lowest BCUT2D eigenvalue weighted by Gasteiger charge is -2.22. The molecular formula is C13H18O3. The first kappa shape index (κ1) is 12.7.